The maximum atomic E-state index is 11.9. The Labute approximate surface area is 129 Å². The molecule has 2 aromatic rings. The number of hydrogen-bond acceptors (Lipinski definition) is 4. The Hall–Kier alpha value is -2.88. The van der Waals surface area contributed by atoms with Crippen LogP contribution < -0.4 is 4.74 Å². The molecule has 0 radical (unpaired) electrons. The van der Waals surface area contributed by atoms with E-state index in [1.807, 2.05) is 6.07 Å². The first-order valence-corrected chi connectivity index (χ1v) is 6.69. The number of methoxy groups -OCH3 is 1. The molecule has 4 heteroatoms. The quantitative estimate of drug-likeness (QED) is 0.491. The molecule has 0 heterocycles. The van der Waals surface area contributed by atoms with Crippen LogP contribution in [0.15, 0.2) is 60.7 Å². The highest BCUT2D eigenvalue weighted by atomic mass is 16.5. The van der Waals surface area contributed by atoms with Crippen LogP contribution in [0.25, 0.3) is 11.1 Å². The van der Waals surface area contributed by atoms with Gasteiger partial charge in [0.05, 0.1) is 12.7 Å². The van der Waals surface area contributed by atoms with Gasteiger partial charge in [-0.1, -0.05) is 43.0 Å². The second-order valence-corrected chi connectivity index (χ2v) is 4.70. The summed E-state index contributed by atoms with van der Waals surface area (Å²) >= 11 is 0. The number of carbonyl (C=O) groups excluding carboxylic acids is 2. The number of benzene rings is 2. The molecule has 2 aromatic carbocycles. The van der Waals surface area contributed by atoms with E-state index in [2.05, 4.69) is 6.58 Å². The van der Waals surface area contributed by atoms with Crippen molar-refractivity contribution in [2.24, 2.45) is 0 Å². The van der Waals surface area contributed by atoms with Gasteiger partial charge in [-0.05, 0) is 24.6 Å². The van der Waals surface area contributed by atoms with Crippen LogP contribution in [-0.2, 0) is 9.53 Å². The maximum absolute atomic E-state index is 11.9. The molecule has 0 amide bonds. The third-order valence-corrected chi connectivity index (χ3v) is 3.06. The van der Waals surface area contributed by atoms with E-state index in [0.29, 0.717) is 28.0 Å². The first-order chi connectivity index (χ1) is 10.5. The molecule has 0 spiro atoms. The molecule has 2 rings (SSSR count). The largest absolute Gasteiger partial charge is 0.465 e. The van der Waals surface area contributed by atoms with Gasteiger partial charge < -0.3 is 9.47 Å². The summed E-state index contributed by atoms with van der Waals surface area (Å²) in [6, 6.07) is 14.0. The van der Waals surface area contributed by atoms with Crippen LogP contribution in [0.2, 0.25) is 0 Å². The Balaban J connectivity index is 2.52. The van der Waals surface area contributed by atoms with Crippen molar-refractivity contribution in [1.82, 2.24) is 0 Å². The lowest BCUT2D eigenvalue weighted by molar-refractivity contribution is -0.130. The van der Waals surface area contributed by atoms with Crippen LogP contribution in [0.4, 0.5) is 0 Å². The summed E-state index contributed by atoms with van der Waals surface area (Å²) in [5, 5.41) is 0. The molecule has 0 atom stereocenters. The molecule has 0 saturated heterocycles. The summed E-state index contributed by atoms with van der Waals surface area (Å²) in [6.45, 7) is 5.14. The molecular formula is C18H16O4. The highest BCUT2D eigenvalue weighted by Crippen LogP contribution is 2.33. The Kier molecular flexibility index (Phi) is 4.73. The topological polar surface area (TPSA) is 52.6 Å². The van der Waals surface area contributed by atoms with Crippen molar-refractivity contribution in [1.29, 1.82) is 0 Å². The Morgan fingerprint density at radius 1 is 0.955 bits per heavy atom. The number of ether oxygens (including phenoxy) is 2. The summed E-state index contributed by atoms with van der Waals surface area (Å²) in [6.07, 6.45) is 0. The van der Waals surface area contributed by atoms with E-state index in [4.69, 9.17) is 9.47 Å². The van der Waals surface area contributed by atoms with Crippen LogP contribution in [0.3, 0.4) is 0 Å². The lowest BCUT2D eigenvalue weighted by Crippen LogP contribution is -2.09. The first-order valence-electron chi connectivity index (χ1n) is 6.69. The molecule has 0 aromatic heterocycles. The van der Waals surface area contributed by atoms with E-state index < -0.39 is 11.9 Å². The van der Waals surface area contributed by atoms with Crippen molar-refractivity contribution >= 4 is 11.9 Å². The van der Waals surface area contributed by atoms with Gasteiger partial charge in [0.15, 0.2) is 0 Å². The van der Waals surface area contributed by atoms with Gasteiger partial charge in [0.1, 0.15) is 5.75 Å². The third-order valence-electron chi connectivity index (χ3n) is 3.06. The third kappa shape index (κ3) is 3.23. The molecule has 4 nitrogen and oxygen atoms in total. The van der Waals surface area contributed by atoms with E-state index in [-0.39, 0.29) is 0 Å². The normalized spacial score (nSPS) is 9.91. The molecule has 0 saturated carbocycles. The summed E-state index contributed by atoms with van der Waals surface area (Å²) in [5.41, 5.74) is 1.98. The van der Waals surface area contributed by atoms with Crippen molar-refractivity contribution in [3.63, 3.8) is 0 Å². The average Bonchev–Trinajstić information content (AvgIpc) is 2.54. The average molecular weight is 296 g/mol. The molecule has 0 N–H and O–H groups in total. The van der Waals surface area contributed by atoms with Gasteiger partial charge in [-0.25, -0.2) is 9.59 Å². The van der Waals surface area contributed by atoms with Crippen molar-refractivity contribution in [3.8, 4) is 16.9 Å². The molecule has 22 heavy (non-hydrogen) atoms. The van der Waals surface area contributed by atoms with E-state index >= 15 is 0 Å². The number of rotatable bonds is 4. The summed E-state index contributed by atoms with van der Waals surface area (Å²) in [7, 11) is 1.33. The molecule has 0 aliphatic carbocycles. The van der Waals surface area contributed by atoms with Crippen LogP contribution >= 0.6 is 0 Å². The van der Waals surface area contributed by atoms with Gasteiger partial charge >= 0.3 is 11.9 Å². The summed E-state index contributed by atoms with van der Waals surface area (Å²) in [5.74, 6) is -0.591. The fraction of sp³-hybridized carbons (Fsp3) is 0.111. The zero-order valence-electron chi connectivity index (χ0n) is 12.5. The molecule has 0 aliphatic rings. The second kappa shape index (κ2) is 6.72. The van der Waals surface area contributed by atoms with Gasteiger partial charge in [0, 0.05) is 11.1 Å². The van der Waals surface area contributed by atoms with Gasteiger partial charge in [0.25, 0.3) is 0 Å². The summed E-state index contributed by atoms with van der Waals surface area (Å²) < 4.78 is 10.1. The van der Waals surface area contributed by atoms with E-state index in [9.17, 15) is 9.59 Å². The molecule has 0 bridgehead atoms. The Morgan fingerprint density at radius 2 is 1.55 bits per heavy atom. The number of carbonyl (C=O) groups is 2. The van der Waals surface area contributed by atoms with Gasteiger partial charge in [-0.2, -0.15) is 0 Å². The van der Waals surface area contributed by atoms with Crippen molar-refractivity contribution < 1.29 is 19.1 Å². The zero-order chi connectivity index (χ0) is 16.1. The van der Waals surface area contributed by atoms with Crippen LogP contribution in [-0.4, -0.2) is 19.0 Å². The lowest BCUT2D eigenvalue weighted by Gasteiger charge is -2.12. The first kappa shape index (κ1) is 15.5. The van der Waals surface area contributed by atoms with Gasteiger partial charge in [-0.3, -0.25) is 0 Å². The van der Waals surface area contributed by atoms with Gasteiger partial charge in [-0.15, -0.1) is 0 Å². The van der Waals surface area contributed by atoms with E-state index in [0.717, 1.165) is 0 Å². The van der Waals surface area contributed by atoms with Crippen LogP contribution in [0.5, 0.6) is 5.75 Å². The highest BCUT2D eigenvalue weighted by Gasteiger charge is 2.17. The molecule has 0 unspecified atom stereocenters. The fourth-order valence-electron chi connectivity index (χ4n) is 1.97. The summed E-state index contributed by atoms with van der Waals surface area (Å²) in [4.78, 5) is 23.7. The highest BCUT2D eigenvalue weighted by molar-refractivity contribution is 5.98. The van der Waals surface area contributed by atoms with Gasteiger partial charge in [0.2, 0.25) is 0 Å². The molecule has 112 valence electrons. The van der Waals surface area contributed by atoms with Crippen molar-refractivity contribution in [2.75, 3.05) is 7.11 Å². The number of hydrogen-bond donors (Lipinski definition) is 0. The Morgan fingerprint density at radius 3 is 2.18 bits per heavy atom. The predicted molar refractivity (Wildman–Crippen MR) is 83.7 cm³/mol. The molecular weight excluding hydrogens is 280 g/mol. The Bertz CT molecular complexity index is 731. The SMILES string of the molecule is C=C(C)C(=O)Oc1ccccc1-c1ccccc1C(=O)OC. The fourth-order valence-corrected chi connectivity index (χ4v) is 1.97. The van der Waals surface area contributed by atoms with Crippen molar-refractivity contribution in [2.45, 2.75) is 6.92 Å². The zero-order valence-corrected chi connectivity index (χ0v) is 12.5. The van der Waals surface area contributed by atoms with E-state index in [1.165, 1.54) is 7.11 Å². The maximum Gasteiger partial charge on any atom is 0.338 e. The lowest BCUT2D eigenvalue weighted by atomic mass is 9.99. The van der Waals surface area contributed by atoms with Crippen LogP contribution in [0.1, 0.15) is 17.3 Å². The number of esters is 2. The van der Waals surface area contributed by atoms with Crippen LogP contribution in [0, 0.1) is 0 Å². The predicted octanol–water partition coefficient (Wildman–Crippen LogP) is 3.62. The second-order valence-electron chi connectivity index (χ2n) is 4.70. The van der Waals surface area contributed by atoms with E-state index in [1.54, 1.807) is 49.4 Å². The smallest absolute Gasteiger partial charge is 0.338 e. The molecule has 0 fully saturated rings. The minimum Gasteiger partial charge on any atom is -0.465 e. The molecule has 0 aliphatic heterocycles. The minimum atomic E-state index is -0.511. The number of para-hydroxylation sites is 1. The monoisotopic (exact) mass is 296 g/mol. The minimum absolute atomic E-state index is 0.302. The van der Waals surface area contributed by atoms with Crippen molar-refractivity contribution in [3.05, 3.63) is 66.2 Å². The standard InChI is InChI=1S/C18H16O4/c1-12(2)17(19)22-16-11-7-6-9-14(16)13-8-4-5-10-15(13)18(20)21-3/h4-11H,1H2,2-3H3.